The zero-order chi connectivity index (χ0) is 15.8. The van der Waals surface area contributed by atoms with Gasteiger partial charge in [0.05, 0.1) is 11.4 Å². The molecule has 0 fully saturated rings. The minimum atomic E-state index is 0.773. The maximum absolute atomic E-state index is 8.61. The zero-order valence-electron chi connectivity index (χ0n) is 12.7. The number of nitriles is 1. The minimum Gasteiger partial charge on any atom is -0.372 e. The largest absolute Gasteiger partial charge is 0.372 e. The number of thiocyanates is 1. The lowest BCUT2D eigenvalue weighted by Gasteiger charge is -2.20. The highest BCUT2D eigenvalue weighted by Crippen LogP contribution is 2.24. The number of azo groups is 1. The summed E-state index contributed by atoms with van der Waals surface area (Å²) in [6.07, 6.45) is 0. The summed E-state index contributed by atoms with van der Waals surface area (Å²) in [6.45, 7) is 6.27. The molecule has 2 aromatic carbocycles. The Kier molecular flexibility index (Phi) is 5.99. The number of hydrogen-bond donors (Lipinski definition) is 0. The molecular formula is C17H18N4S. The third kappa shape index (κ3) is 4.34. The fourth-order valence-electron chi connectivity index (χ4n) is 2.07. The van der Waals surface area contributed by atoms with Gasteiger partial charge >= 0.3 is 0 Å². The van der Waals surface area contributed by atoms with E-state index in [4.69, 9.17) is 5.26 Å². The van der Waals surface area contributed by atoms with Crippen LogP contribution in [0.4, 0.5) is 17.1 Å². The van der Waals surface area contributed by atoms with Gasteiger partial charge in [0.15, 0.2) is 0 Å². The molecular weight excluding hydrogens is 292 g/mol. The molecule has 0 aliphatic heterocycles. The van der Waals surface area contributed by atoms with Gasteiger partial charge in [0.1, 0.15) is 5.40 Å². The number of thioether (sulfide) groups is 1. The monoisotopic (exact) mass is 310 g/mol. The fraction of sp³-hybridized carbons (Fsp3) is 0.235. The van der Waals surface area contributed by atoms with Gasteiger partial charge in [0.2, 0.25) is 0 Å². The van der Waals surface area contributed by atoms with Crippen LogP contribution in [0.5, 0.6) is 0 Å². The molecule has 0 radical (unpaired) electrons. The fourth-order valence-corrected chi connectivity index (χ4v) is 2.45. The van der Waals surface area contributed by atoms with Gasteiger partial charge in [0.25, 0.3) is 0 Å². The average Bonchev–Trinajstić information content (AvgIpc) is 2.57. The maximum atomic E-state index is 8.61. The van der Waals surface area contributed by atoms with E-state index >= 15 is 0 Å². The Morgan fingerprint density at radius 2 is 1.41 bits per heavy atom. The first-order chi connectivity index (χ1) is 10.8. The predicted octanol–water partition coefficient (Wildman–Crippen LogP) is 5.52. The topological polar surface area (TPSA) is 51.8 Å². The van der Waals surface area contributed by atoms with Crippen LogP contribution in [0.2, 0.25) is 0 Å². The Morgan fingerprint density at radius 3 is 1.86 bits per heavy atom. The smallest absolute Gasteiger partial charge is 0.138 e. The van der Waals surface area contributed by atoms with Crippen LogP contribution in [0.25, 0.3) is 0 Å². The van der Waals surface area contributed by atoms with Gasteiger partial charge in [-0.1, -0.05) is 0 Å². The summed E-state index contributed by atoms with van der Waals surface area (Å²) >= 11 is 1.14. The Hall–Kier alpha value is -2.32. The second-order valence-corrected chi connectivity index (χ2v) is 5.43. The first-order valence-electron chi connectivity index (χ1n) is 7.19. The molecule has 0 saturated heterocycles. The summed E-state index contributed by atoms with van der Waals surface area (Å²) in [5, 5.41) is 19.1. The average molecular weight is 310 g/mol. The molecule has 0 atom stereocenters. The van der Waals surface area contributed by atoms with Gasteiger partial charge in [-0.25, -0.2) is 0 Å². The van der Waals surface area contributed by atoms with E-state index in [0.717, 1.165) is 41.1 Å². The van der Waals surface area contributed by atoms with E-state index in [-0.39, 0.29) is 0 Å². The second-order valence-electron chi connectivity index (χ2n) is 4.58. The van der Waals surface area contributed by atoms with Crippen molar-refractivity contribution in [2.45, 2.75) is 18.7 Å². The first-order valence-corrected chi connectivity index (χ1v) is 8.01. The van der Waals surface area contributed by atoms with Gasteiger partial charge < -0.3 is 4.90 Å². The molecule has 0 unspecified atom stereocenters. The van der Waals surface area contributed by atoms with Crippen molar-refractivity contribution in [3.63, 3.8) is 0 Å². The maximum Gasteiger partial charge on any atom is 0.138 e. The van der Waals surface area contributed by atoms with Crippen molar-refractivity contribution < 1.29 is 0 Å². The van der Waals surface area contributed by atoms with E-state index in [0.29, 0.717) is 0 Å². The molecule has 2 rings (SSSR count). The molecule has 5 heteroatoms. The predicted molar refractivity (Wildman–Crippen MR) is 92.1 cm³/mol. The summed E-state index contributed by atoms with van der Waals surface area (Å²) in [5.41, 5.74) is 2.79. The van der Waals surface area contributed by atoms with Gasteiger partial charge in [-0.05, 0) is 74.1 Å². The molecule has 0 bridgehead atoms. The van der Waals surface area contributed by atoms with Crippen molar-refractivity contribution in [1.29, 1.82) is 5.26 Å². The number of anilines is 1. The third-order valence-corrected chi connectivity index (χ3v) is 3.86. The second kappa shape index (κ2) is 8.20. The lowest BCUT2D eigenvalue weighted by Crippen LogP contribution is -2.21. The van der Waals surface area contributed by atoms with E-state index in [1.807, 2.05) is 41.8 Å². The normalized spacial score (nSPS) is 10.6. The van der Waals surface area contributed by atoms with Crippen LogP contribution in [-0.4, -0.2) is 13.1 Å². The highest BCUT2D eigenvalue weighted by molar-refractivity contribution is 8.03. The quantitative estimate of drug-likeness (QED) is 0.401. The highest BCUT2D eigenvalue weighted by atomic mass is 32.2. The third-order valence-electron chi connectivity index (χ3n) is 3.26. The lowest BCUT2D eigenvalue weighted by atomic mass is 10.2. The molecule has 2 aromatic rings. The lowest BCUT2D eigenvalue weighted by molar-refractivity contribution is 0.866. The highest BCUT2D eigenvalue weighted by Gasteiger charge is 2.00. The first kappa shape index (κ1) is 16.1. The van der Waals surface area contributed by atoms with Crippen LogP contribution in [0.3, 0.4) is 0 Å². The standard InChI is InChI=1S/C17H18N4S/c1-3-21(4-2)16-9-5-14(6-10-16)19-20-15-7-11-17(12-8-15)22-13-18/h5-12H,3-4H2,1-2H3. The Balaban J connectivity index is 2.05. The summed E-state index contributed by atoms with van der Waals surface area (Å²) in [4.78, 5) is 3.19. The van der Waals surface area contributed by atoms with Crippen LogP contribution in [0, 0.1) is 10.7 Å². The molecule has 22 heavy (non-hydrogen) atoms. The SMILES string of the molecule is CCN(CC)c1ccc(N=Nc2ccc(SC#N)cc2)cc1. The Labute approximate surface area is 135 Å². The molecule has 4 nitrogen and oxygen atoms in total. The Bertz CT molecular complexity index is 653. The van der Waals surface area contributed by atoms with Gasteiger partial charge in [-0.2, -0.15) is 15.5 Å². The number of benzene rings is 2. The molecule has 0 saturated carbocycles. The van der Waals surface area contributed by atoms with Gasteiger partial charge in [0, 0.05) is 23.7 Å². The van der Waals surface area contributed by atoms with E-state index < -0.39 is 0 Å². The summed E-state index contributed by atoms with van der Waals surface area (Å²) in [5.74, 6) is 0. The van der Waals surface area contributed by atoms with Gasteiger partial charge in [-0.15, -0.1) is 0 Å². The van der Waals surface area contributed by atoms with Crippen LogP contribution in [-0.2, 0) is 0 Å². The number of hydrogen-bond acceptors (Lipinski definition) is 5. The summed E-state index contributed by atoms with van der Waals surface area (Å²) in [6, 6.07) is 15.5. The van der Waals surface area contributed by atoms with Crippen molar-refractivity contribution in [2.24, 2.45) is 10.2 Å². The van der Waals surface area contributed by atoms with E-state index in [9.17, 15) is 0 Å². The summed E-state index contributed by atoms with van der Waals surface area (Å²) < 4.78 is 0. The van der Waals surface area contributed by atoms with Crippen LogP contribution in [0.15, 0.2) is 63.7 Å². The summed E-state index contributed by atoms with van der Waals surface area (Å²) in [7, 11) is 0. The molecule has 0 heterocycles. The molecule has 0 aliphatic rings. The van der Waals surface area contributed by atoms with E-state index in [2.05, 4.69) is 41.1 Å². The number of nitrogens with zero attached hydrogens (tertiary/aromatic N) is 4. The van der Waals surface area contributed by atoms with Crippen molar-refractivity contribution >= 4 is 28.8 Å². The van der Waals surface area contributed by atoms with Crippen molar-refractivity contribution in [3.8, 4) is 5.40 Å². The molecule has 0 aromatic heterocycles. The van der Waals surface area contributed by atoms with E-state index in [1.165, 1.54) is 5.69 Å². The van der Waals surface area contributed by atoms with Gasteiger partial charge in [-0.3, -0.25) is 0 Å². The minimum absolute atomic E-state index is 0.773. The van der Waals surface area contributed by atoms with Crippen LogP contribution >= 0.6 is 11.8 Å². The Morgan fingerprint density at radius 1 is 0.909 bits per heavy atom. The number of rotatable bonds is 6. The van der Waals surface area contributed by atoms with Crippen molar-refractivity contribution in [3.05, 3.63) is 48.5 Å². The van der Waals surface area contributed by atoms with Crippen LogP contribution in [0.1, 0.15) is 13.8 Å². The molecule has 0 aliphatic carbocycles. The molecule has 0 spiro atoms. The van der Waals surface area contributed by atoms with Crippen LogP contribution < -0.4 is 4.90 Å². The van der Waals surface area contributed by atoms with Crippen molar-refractivity contribution in [2.75, 3.05) is 18.0 Å². The molecule has 0 amide bonds. The zero-order valence-corrected chi connectivity index (χ0v) is 13.5. The molecule has 0 N–H and O–H groups in total. The van der Waals surface area contributed by atoms with E-state index in [1.54, 1.807) is 0 Å². The van der Waals surface area contributed by atoms with Crippen molar-refractivity contribution in [1.82, 2.24) is 0 Å². The molecule has 112 valence electrons.